The van der Waals surface area contributed by atoms with Gasteiger partial charge >= 0.3 is 5.97 Å². The van der Waals surface area contributed by atoms with E-state index in [9.17, 15) is 19.5 Å². The maximum absolute atomic E-state index is 12.1. The Balaban J connectivity index is 1.52. The van der Waals surface area contributed by atoms with Crippen LogP contribution in [-0.4, -0.2) is 22.1 Å². The van der Waals surface area contributed by atoms with Crippen molar-refractivity contribution in [1.82, 2.24) is 4.98 Å². The molecule has 34 heavy (non-hydrogen) atoms. The van der Waals surface area contributed by atoms with E-state index < -0.39 is 28.3 Å². The molecule has 0 aliphatic carbocycles. The van der Waals surface area contributed by atoms with Crippen molar-refractivity contribution >= 4 is 34.0 Å². The Hall–Kier alpha value is -3.71. The molecule has 1 heterocycles. The Bertz CT molecular complexity index is 1450. The van der Waals surface area contributed by atoms with E-state index in [-0.39, 0.29) is 12.1 Å². The van der Waals surface area contributed by atoms with Crippen LogP contribution < -0.4 is 20.9 Å². The molecule has 0 saturated heterocycles. The fourth-order valence-corrected chi connectivity index (χ4v) is 4.07. The van der Waals surface area contributed by atoms with Gasteiger partial charge in [-0.15, -0.1) is 0 Å². The molecule has 0 radical (unpaired) electrons. The number of rotatable bonds is 7. The van der Waals surface area contributed by atoms with Crippen LogP contribution in [0.5, 0.6) is 11.6 Å². The number of halogens is 1. The number of carboxylic acid groups (broad SMARTS) is 1. The number of aromatic nitrogens is 1. The van der Waals surface area contributed by atoms with Crippen LogP contribution in [-0.2, 0) is 16.6 Å². The molecular formula is C26H23ClN2O5. The second-order valence-corrected chi connectivity index (χ2v) is 9.50. The molecule has 7 nitrogen and oxygen atoms in total. The number of anilines is 1. The van der Waals surface area contributed by atoms with Crippen molar-refractivity contribution in [3.05, 3.63) is 91.3 Å². The van der Waals surface area contributed by atoms with Crippen LogP contribution in [0.15, 0.2) is 64.2 Å². The number of carboxylic acids is 1. The zero-order valence-electron chi connectivity index (χ0n) is 18.9. The summed E-state index contributed by atoms with van der Waals surface area (Å²) in [6, 6.07) is 15.2. The second-order valence-electron chi connectivity index (χ2n) is 9.11. The second kappa shape index (κ2) is 8.91. The maximum Gasteiger partial charge on any atom is 0.326 e. The van der Waals surface area contributed by atoms with E-state index in [2.05, 4.69) is 10.3 Å². The lowest BCUT2D eigenvalue weighted by atomic mass is 9.82. The first-order valence-corrected chi connectivity index (χ1v) is 11.1. The van der Waals surface area contributed by atoms with Crippen molar-refractivity contribution < 1.29 is 14.6 Å². The first-order chi connectivity index (χ1) is 16.0. The normalized spacial score (nSPS) is 12.6. The van der Waals surface area contributed by atoms with Gasteiger partial charge in [0.05, 0.1) is 5.69 Å². The van der Waals surface area contributed by atoms with E-state index in [0.717, 1.165) is 10.8 Å². The summed E-state index contributed by atoms with van der Waals surface area (Å²) in [6.07, 6.45) is 0.107. The molecule has 174 valence electrons. The van der Waals surface area contributed by atoms with Crippen molar-refractivity contribution in [2.75, 3.05) is 5.32 Å². The molecule has 2 N–H and O–H groups in total. The number of fused-ring (bicyclic) bond motifs is 1. The molecule has 0 saturated carbocycles. The number of pyridine rings is 1. The molecule has 0 amide bonds. The SMILES string of the molecule is CC(C)(C)c1c(N[C@@H](Cc2ccc(Oc3nc(Cl)cc4ccccc34)cc2)C(=O)O)c(=O)c1=O. The highest BCUT2D eigenvalue weighted by atomic mass is 35.5. The standard InChI is InChI=1S/C26H23ClN2O5/c1-26(2,3)20-21(23(31)22(20)30)28-18(25(32)33)12-14-8-10-16(11-9-14)34-24-17-7-5-4-6-15(17)13-19(27)29-24/h4-11,13,18,28H,12H2,1-3H3,(H,32,33)/t18-/m0/s1. The molecule has 0 spiro atoms. The lowest BCUT2D eigenvalue weighted by Gasteiger charge is -2.26. The van der Waals surface area contributed by atoms with Crippen LogP contribution in [0.25, 0.3) is 10.8 Å². The summed E-state index contributed by atoms with van der Waals surface area (Å²) in [5.41, 5.74) is -0.679. The molecule has 1 atom stereocenters. The van der Waals surface area contributed by atoms with Gasteiger partial charge in [0.2, 0.25) is 16.7 Å². The van der Waals surface area contributed by atoms with Crippen LogP contribution in [0.1, 0.15) is 31.9 Å². The Morgan fingerprint density at radius 2 is 1.76 bits per heavy atom. The van der Waals surface area contributed by atoms with Gasteiger partial charge in [-0.25, -0.2) is 9.78 Å². The Kier molecular flexibility index (Phi) is 6.15. The Morgan fingerprint density at radius 1 is 1.09 bits per heavy atom. The van der Waals surface area contributed by atoms with Crippen LogP contribution in [0.3, 0.4) is 0 Å². The third-order valence-corrected chi connectivity index (χ3v) is 5.72. The van der Waals surface area contributed by atoms with E-state index in [1.165, 1.54) is 0 Å². The Morgan fingerprint density at radius 3 is 2.41 bits per heavy atom. The molecule has 4 rings (SSSR count). The summed E-state index contributed by atoms with van der Waals surface area (Å²) >= 11 is 6.12. The molecule has 1 aromatic heterocycles. The summed E-state index contributed by atoms with van der Waals surface area (Å²) < 4.78 is 5.93. The minimum Gasteiger partial charge on any atom is -0.480 e. The van der Waals surface area contributed by atoms with Crippen molar-refractivity contribution in [2.45, 2.75) is 38.6 Å². The van der Waals surface area contributed by atoms with Crippen LogP contribution in [0, 0.1) is 0 Å². The van der Waals surface area contributed by atoms with Gasteiger partial charge in [0.25, 0.3) is 0 Å². The zero-order chi connectivity index (χ0) is 24.6. The maximum atomic E-state index is 12.1. The fourth-order valence-electron chi connectivity index (χ4n) is 3.87. The lowest BCUT2D eigenvalue weighted by molar-refractivity contribution is -0.137. The first kappa shape index (κ1) is 23.4. The highest BCUT2D eigenvalue weighted by Crippen LogP contribution is 2.31. The number of carbonyl (C=O) groups is 1. The average Bonchev–Trinajstić information content (AvgIpc) is 2.77. The number of ether oxygens (including phenoxy) is 1. The molecular weight excluding hydrogens is 456 g/mol. The van der Waals surface area contributed by atoms with Gasteiger partial charge in [-0.05, 0) is 40.6 Å². The predicted molar refractivity (Wildman–Crippen MR) is 132 cm³/mol. The summed E-state index contributed by atoms with van der Waals surface area (Å²) in [7, 11) is 0. The number of nitrogens with zero attached hydrogens (tertiary/aromatic N) is 1. The minimum atomic E-state index is -1.12. The fraction of sp³-hybridized carbons (Fsp3) is 0.231. The van der Waals surface area contributed by atoms with Gasteiger partial charge in [0, 0.05) is 17.4 Å². The summed E-state index contributed by atoms with van der Waals surface area (Å²) in [6.45, 7) is 5.42. The molecule has 4 aromatic rings. The van der Waals surface area contributed by atoms with Crippen molar-refractivity contribution in [3.63, 3.8) is 0 Å². The third-order valence-electron chi connectivity index (χ3n) is 5.53. The molecule has 0 bridgehead atoms. The number of benzene rings is 2. The van der Waals surface area contributed by atoms with E-state index in [4.69, 9.17) is 16.3 Å². The van der Waals surface area contributed by atoms with Crippen molar-refractivity contribution in [1.29, 1.82) is 0 Å². The minimum absolute atomic E-state index is 0.0868. The van der Waals surface area contributed by atoms with Gasteiger partial charge < -0.3 is 15.2 Å². The zero-order valence-corrected chi connectivity index (χ0v) is 19.6. The molecule has 8 heteroatoms. The monoisotopic (exact) mass is 478 g/mol. The van der Waals surface area contributed by atoms with Crippen molar-refractivity contribution in [2.24, 2.45) is 0 Å². The highest BCUT2D eigenvalue weighted by Gasteiger charge is 2.32. The molecule has 0 aliphatic rings. The van der Waals surface area contributed by atoms with Gasteiger partial charge in [-0.3, -0.25) is 9.59 Å². The first-order valence-electron chi connectivity index (χ1n) is 10.7. The van der Waals surface area contributed by atoms with Gasteiger partial charge in [0.15, 0.2) is 0 Å². The summed E-state index contributed by atoms with van der Waals surface area (Å²) in [5.74, 6) is -0.237. The highest BCUT2D eigenvalue weighted by molar-refractivity contribution is 6.30. The number of nitrogens with one attached hydrogen (secondary N) is 1. The van der Waals surface area contributed by atoms with Gasteiger partial charge in [-0.1, -0.05) is 62.7 Å². The number of hydrogen-bond acceptors (Lipinski definition) is 6. The third kappa shape index (κ3) is 4.65. The topological polar surface area (TPSA) is 106 Å². The number of hydrogen-bond donors (Lipinski definition) is 2. The number of aliphatic carboxylic acids is 1. The van der Waals surface area contributed by atoms with Crippen LogP contribution >= 0.6 is 11.6 Å². The quantitative estimate of drug-likeness (QED) is 0.293. The van der Waals surface area contributed by atoms with E-state index in [0.29, 0.717) is 27.9 Å². The van der Waals surface area contributed by atoms with Gasteiger partial charge in [-0.2, -0.15) is 0 Å². The lowest BCUT2D eigenvalue weighted by Crippen LogP contribution is -2.46. The molecule has 0 unspecified atom stereocenters. The van der Waals surface area contributed by atoms with E-state index >= 15 is 0 Å². The predicted octanol–water partition coefficient (Wildman–Crippen LogP) is 4.68. The molecule has 0 aliphatic heterocycles. The Labute approximate surface area is 200 Å². The summed E-state index contributed by atoms with van der Waals surface area (Å²) in [5, 5.41) is 14.5. The molecule has 3 aromatic carbocycles. The van der Waals surface area contributed by atoms with E-state index in [1.807, 2.05) is 24.3 Å². The molecule has 0 fully saturated rings. The van der Waals surface area contributed by atoms with Crippen LogP contribution in [0.2, 0.25) is 5.15 Å². The van der Waals surface area contributed by atoms with Crippen LogP contribution in [0.4, 0.5) is 5.69 Å². The smallest absolute Gasteiger partial charge is 0.326 e. The summed E-state index contributed by atoms with van der Waals surface area (Å²) in [4.78, 5) is 40.2. The van der Waals surface area contributed by atoms with Crippen molar-refractivity contribution in [3.8, 4) is 11.6 Å². The largest absolute Gasteiger partial charge is 0.480 e. The van der Waals surface area contributed by atoms with Gasteiger partial charge in [0.1, 0.15) is 16.9 Å². The van der Waals surface area contributed by atoms with E-state index in [1.54, 1.807) is 51.1 Å². The average molecular weight is 479 g/mol.